The lowest BCUT2D eigenvalue weighted by Crippen LogP contribution is -2.47. The van der Waals surface area contributed by atoms with Crippen molar-refractivity contribution in [3.05, 3.63) is 0 Å². The molecule has 0 aromatic carbocycles. The van der Waals surface area contributed by atoms with Gasteiger partial charge < -0.3 is 48.0 Å². The zero-order valence-corrected chi connectivity index (χ0v) is 42.3. The molecule has 66 heavy (non-hydrogen) atoms. The van der Waals surface area contributed by atoms with Crippen LogP contribution in [0, 0.1) is 11.8 Å². The molecular weight excluding hydrogens is 849 g/mol. The van der Waals surface area contributed by atoms with Crippen molar-refractivity contribution in [2.75, 3.05) is 119 Å². The minimum absolute atomic E-state index is 0.0251. The van der Waals surface area contributed by atoms with Crippen LogP contribution >= 0.6 is 0 Å². The van der Waals surface area contributed by atoms with Gasteiger partial charge in [0.2, 0.25) is 0 Å². The zero-order valence-electron chi connectivity index (χ0n) is 42.3. The van der Waals surface area contributed by atoms with Gasteiger partial charge >= 0.3 is 35.8 Å². The zero-order chi connectivity index (χ0) is 48.6. The third-order valence-electron chi connectivity index (χ3n) is 11.7. The van der Waals surface area contributed by atoms with Crippen LogP contribution in [0.15, 0.2) is 0 Å². The Hall–Kier alpha value is -3.34. The number of hydrogen-bond donors (Lipinski definition) is 0. The molecule has 0 unspecified atom stereocenters. The smallest absolute Gasteiger partial charge is 0.307 e. The number of carbonyl (C=O) groups excluding carboxylic acids is 6. The van der Waals surface area contributed by atoms with Crippen molar-refractivity contribution in [3.8, 4) is 0 Å². The summed E-state index contributed by atoms with van der Waals surface area (Å²) in [6, 6.07) is 0. The molecule has 1 aliphatic rings. The molecule has 1 aliphatic heterocycles. The van der Waals surface area contributed by atoms with Crippen LogP contribution in [0.1, 0.15) is 156 Å². The van der Waals surface area contributed by atoms with Crippen LogP contribution in [0.4, 0.5) is 0 Å². The van der Waals surface area contributed by atoms with Crippen LogP contribution in [0.25, 0.3) is 0 Å². The molecule has 0 spiro atoms. The Morgan fingerprint density at radius 1 is 0.364 bits per heavy atom. The van der Waals surface area contributed by atoms with E-state index in [4.69, 9.17) is 28.4 Å². The van der Waals surface area contributed by atoms with E-state index in [2.05, 4.69) is 47.3 Å². The quantitative estimate of drug-likeness (QED) is 0.0354. The molecule has 0 radical (unpaired) electrons. The molecule has 0 N–H and O–H groups in total. The lowest BCUT2D eigenvalue weighted by atomic mass is 10.2. The highest BCUT2D eigenvalue weighted by Crippen LogP contribution is 2.11. The van der Waals surface area contributed by atoms with E-state index in [0.29, 0.717) is 38.8 Å². The molecule has 1 saturated heterocycles. The first-order valence-corrected chi connectivity index (χ1v) is 25.6. The first-order valence-electron chi connectivity index (χ1n) is 25.6. The molecule has 384 valence electrons. The van der Waals surface area contributed by atoms with Gasteiger partial charge in [-0.2, -0.15) is 0 Å². The van der Waals surface area contributed by atoms with E-state index in [1.807, 2.05) is 14.1 Å². The molecule has 1 rings (SSSR count). The Balaban J connectivity index is 2.30. The summed E-state index contributed by atoms with van der Waals surface area (Å²) in [5.74, 6) is -2.64. The van der Waals surface area contributed by atoms with E-state index in [9.17, 15) is 28.8 Å². The van der Waals surface area contributed by atoms with E-state index in [1.165, 1.54) is 0 Å². The van der Waals surface area contributed by atoms with Crippen molar-refractivity contribution in [2.24, 2.45) is 11.8 Å². The van der Waals surface area contributed by atoms with E-state index < -0.39 is 11.8 Å². The number of nitrogens with zero attached hydrogens (tertiary/aromatic N) is 4. The van der Waals surface area contributed by atoms with E-state index in [1.54, 1.807) is 0 Å². The average Bonchev–Trinajstić information content (AvgIpc) is 3.30. The van der Waals surface area contributed by atoms with Gasteiger partial charge in [-0.1, -0.05) is 79.1 Å². The van der Waals surface area contributed by atoms with Gasteiger partial charge in [0.1, 0.15) is 39.6 Å². The van der Waals surface area contributed by atoms with E-state index >= 15 is 0 Å². The van der Waals surface area contributed by atoms with Gasteiger partial charge in [0.25, 0.3) is 0 Å². The van der Waals surface area contributed by atoms with Crippen LogP contribution in [-0.2, 0) is 57.2 Å². The maximum atomic E-state index is 12.6. The largest absolute Gasteiger partial charge is 0.465 e. The lowest BCUT2D eigenvalue weighted by Gasteiger charge is -2.35. The number of ether oxygens (including phenoxy) is 6. The van der Waals surface area contributed by atoms with Crippen molar-refractivity contribution >= 4 is 35.8 Å². The van der Waals surface area contributed by atoms with Gasteiger partial charge in [-0.05, 0) is 78.8 Å². The topological polar surface area (TPSA) is 171 Å². The van der Waals surface area contributed by atoms with E-state index in [-0.39, 0.29) is 88.3 Å². The summed E-state index contributed by atoms with van der Waals surface area (Å²) in [4.78, 5) is 83.3. The third-order valence-corrected chi connectivity index (χ3v) is 11.7. The molecule has 0 saturated carbocycles. The van der Waals surface area contributed by atoms with Gasteiger partial charge in [0, 0.05) is 65.0 Å². The van der Waals surface area contributed by atoms with Gasteiger partial charge in [-0.25, -0.2) is 0 Å². The Bertz CT molecular complexity index is 1150. The van der Waals surface area contributed by atoms with Crippen molar-refractivity contribution in [1.29, 1.82) is 0 Å². The highest BCUT2D eigenvalue weighted by molar-refractivity contribution is 5.71. The number of esters is 6. The first-order chi connectivity index (χ1) is 31.9. The fourth-order valence-corrected chi connectivity index (χ4v) is 7.22. The molecule has 0 amide bonds. The van der Waals surface area contributed by atoms with Gasteiger partial charge in [0.05, 0.1) is 24.7 Å². The number of unbranched alkanes of at least 4 members (excludes halogenated alkanes) is 8. The molecule has 0 aromatic heterocycles. The minimum Gasteiger partial charge on any atom is -0.465 e. The summed E-state index contributed by atoms with van der Waals surface area (Å²) in [5, 5.41) is 0. The van der Waals surface area contributed by atoms with Gasteiger partial charge in [-0.3, -0.25) is 28.8 Å². The predicted octanol–water partition coefficient (Wildman–Crippen LogP) is 6.84. The number of piperazine rings is 1. The Kier molecular flexibility index (Phi) is 37.4. The molecule has 1 heterocycles. The number of hydrogen-bond acceptors (Lipinski definition) is 16. The van der Waals surface area contributed by atoms with E-state index in [0.717, 1.165) is 142 Å². The number of carbonyl (C=O) groups is 6. The monoisotopic (exact) mass is 941 g/mol. The Morgan fingerprint density at radius 3 is 0.848 bits per heavy atom. The average molecular weight is 941 g/mol. The van der Waals surface area contributed by atoms with Crippen molar-refractivity contribution in [2.45, 2.75) is 156 Å². The molecule has 16 nitrogen and oxygen atoms in total. The second kappa shape index (κ2) is 40.7. The highest BCUT2D eigenvalue weighted by atomic mass is 16.6. The van der Waals surface area contributed by atoms with Crippen molar-refractivity contribution < 1.29 is 57.2 Å². The maximum absolute atomic E-state index is 12.6. The molecule has 16 heteroatoms. The molecule has 1 fully saturated rings. The second-order valence-electron chi connectivity index (χ2n) is 18.2. The fraction of sp³-hybridized carbons (Fsp3) is 0.880. The minimum atomic E-state index is -0.411. The first kappa shape index (κ1) is 60.7. The molecular formula is C50H92N4O12. The van der Waals surface area contributed by atoms with Gasteiger partial charge in [0.15, 0.2) is 0 Å². The highest BCUT2D eigenvalue weighted by Gasteiger charge is 2.21. The summed E-state index contributed by atoms with van der Waals surface area (Å²) in [5.41, 5.74) is 0. The molecule has 0 aromatic rings. The van der Waals surface area contributed by atoms with Crippen molar-refractivity contribution in [3.63, 3.8) is 0 Å². The number of rotatable bonds is 42. The van der Waals surface area contributed by atoms with Crippen LogP contribution in [-0.4, -0.2) is 175 Å². The molecule has 0 bridgehead atoms. The predicted molar refractivity (Wildman–Crippen MR) is 256 cm³/mol. The normalized spacial score (nSPS) is 13.4. The SMILES string of the molecule is CCCCCC(=O)OCC(COC(=O)CCCCC)COC(=O)CCN(C)CCCN1CCN(CCCN(C)CCC(=O)OCC(COC(=O)CCCCC)COC(=O)CCCCC)CC1. The maximum Gasteiger partial charge on any atom is 0.307 e. The summed E-state index contributed by atoms with van der Waals surface area (Å²) in [6.45, 7) is 17.4. The van der Waals surface area contributed by atoms with Crippen LogP contribution in [0.2, 0.25) is 0 Å². The lowest BCUT2D eigenvalue weighted by molar-refractivity contribution is -0.156. The van der Waals surface area contributed by atoms with Crippen molar-refractivity contribution in [1.82, 2.24) is 19.6 Å². The van der Waals surface area contributed by atoms with Crippen LogP contribution in [0.3, 0.4) is 0 Å². The standard InChI is InChI=1S/C50H92N4O12/c1-7-11-15-21-45(55)61-37-43(38-62-46(56)22-16-12-8-2)41-65-49(59)25-31-51(5)27-19-29-53-33-35-54(36-34-53)30-20-28-52(6)32-26-50(60)66-42-44(39-63-47(57)23-17-13-9-3)40-64-48(58)24-18-14-10-4/h43-44H,7-42H2,1-6H3. The fourth-order valence-electron chi connectivity index (χ4n) is 7.22. The summed E-state index contributed by atoms with van der Waals surface area (Å²) in [6.07, 6.45) is 14.8. The Labute approximate surface area is 398 Å². The van der Waals surface area contributed by atoms with Crippen LogP contribution in [0.5, 0.6) is 0 Å². The Morgan fingerprint density at radius 2 is 0.606 bits per heavy atom. The molecule has 0 aliphatic carbocycles. The van der Waals surface area contributed by atoms with Gasteiger partial charge in [-0.15, -0.1) is 0 Å². The second-order valence-corrected chi connectivity index (χ2v) is 18.2. The van der Waals surface area contributed by atoms with Crippen LogP contribution < -0.4 is 0 Å². The summed E-state index contributed by atoms with van der Waals surface area (Å²) in [7, 11) is 4.02. The molecule has 0 atom stereocenters. The summed E-state index contributed by atoms with van der Waals surface area (Å²) < 4.78 is 32.8. The summed E-state index contributed by atoms with van der Waals surface area (Å²) >= 11 is 0. The third kappa shape index (κ3) is 34.9.